The smallest absolute Gasteiger partial charge is 0.344 e. The third kappa shape index (κ3) is 5.47. The Morgan fingerprint density at radius 2 is 1.37 bits per heavy atom. The quantitative estimate of drug-likeness (QED) is 0.295. The van der Waals surface area contributed by atoms with E-state index >= 15 is 0 Å². The van der Waals surface area contributed by atoms with Crippen molar-refractivity contribution in [2.24, 2.45) is 0 Å². The van der Waals surface area contributed by atoms with Gasteiger partial charge in [0.05, 0.1) is 13.2 Å². The van der Waals surface area contributed by atoms with Gasteiger partial charge in [0.15, 0.2) is 5.78 Å². The number of hydrogen-bond donors (Lipinski definition) is 1. The Labute approximate surface area is 157 Å². The molecule has 146 valence electrons. The molecule has 1 N–H and O–H groups in total. The van der Waals surface area contributed by atoms with Gasteiger partial charge in [-0.05, 0) is 19.4 Å². The van der Waals surface area contributed by atoms with Gasteiger partial charge < -0.3 is 14.8 Å². The minimum atomic E-state index is -2.05. The van der Waals surface area contributed by atoms with Crippen molar-refractivity contribution < 1.29 is 33.4 Å². The summed E-state index contributed by atoms with van der Waals surface area (Å²) in [6.07, 6.45) is -0.237. The highest BCUT2D eigenvalue weighted by atomic mass is 16.6. The molecule has 0 saturated heterocycles. The Morgan fingerprint density at radius 3 is 1.74 bits per heavy atom. The van der Waals surface area contributed by atoms with Gasteiger partial charge >= 0.3 is 11.9 Å². The van der Waals surface area contributed by atoms with Crippen molar-refractivity contribution in [2.75, 3.05) is 13.2 Å². The normalized spacial score (nSPS) is 10.7. The lowest BCUT2D eigenvalue weighted by molar-refractivity contribution is -0.168. The van der Waals surface area contributed by atoms with Crippen LogP contribution in [0.5, 0.6) is 0 Å². The first-order valence-electron chi connectivity index (χ1n) is 8.45. The Balaban J connectivity index is 3.31. The Morgan fingerprint density at radius 1 is 0.889 bits per heavy atom. The zero-order valence-corrected chi connectivity index (χ0v) is 15.8. The molecule has 0 heterocycles. The number of Topliss-reactive ketones (excluding diaryl/α,β-unsaturated/α-hetero) is 2. The van der Waals surface area contributed by atoms with Gasteiger partial charge in [0, 0.05) is 25.8 Å². The lowest BCUT2D eigenvalue weighted by atomic mass is 9.89. The molecule has 1 aromatic rings. The maximum atomic E-state index is 12.5. The van der Waals surface area contributed by atoms with Crippen LogP contribution in [0.1, 0.15) is 43.6 Å². The van der Waals surface area contributed by atoms with E-state index < -0.39 is 35.0 Å². The van der Waals surface area contributed by atoms with E-state index in [1.165, 1.54) is 38.1 Å². The van der Waals surface area contributed by atoms with Crippen LogP contribution >= 0.6 is 0 Å². The molecule has 0 radical (unpaired) electrons. The molecule has 0 fully saturated rings. The minimum absolute atomic E-state index is 0.00558. The maximum Gasteiger partial charge on any atom is 0.344 e. The molecule has 0 aromatic heterocycles. The summed E-state index contributed by atoms with van der Waals surface area (Å²) in [7, 11) is 0. The first-order valence-corrected chi connectivity index (χ1v) is 8.45. The zero-order valence-electron chi connectivity index (χ0n) is 15.8. The van der Waals surface area contributed by atoms with Crippen LogP contribution in [0.15, 0.2) is 24.3 Å². The van der Waals surface area contributed by atoms with E-state index in [9.17, 15) is 24.0 Å². The van der Waals surface area contributed by atoms with Gasteiger partial charge in [-0.15, -0.1) is 0 Å². The Hall–Kier alpha value is -3.03. The molecule has 8 nitrogen and oxygen atoms in total. The van der Waals surface area contributed by atoms with Gasteiger partial charge in [0.2, 0.25) is 17.2 Å². The average Bonchev–Trinajstić information content (AvgIpc) is 2.61. The number of benzene rings is 1. The molecule has 0 spiro atoms. The molecule has 27 heavy (non-hydrogen) atoms. The number of esters is 2. The fourth-order valence-corrected chi connectivity index (χ4v) is 2.47. The molecule has 8 heteroatoms. The summed E-state index contributed by atoms with van der Waals surface area (Å²) in [5.41, 5.74) is -1.40. The molecule has 0 bridgehead atoms. The second kappa shape index (κ2) is 9.61. The van der Waals surface area contributed by atoms with Crippen LogP contribution in [-0.4, -0.2) is 48.2 Å². The second-order valence-electron chi connectivity index (χ2n) is 5.79. The standard InChI is InChI=1S/C19H23NO7/c1-5-26-17(24)19(20-13(4)22,18(25)27-6-2)11-14-7-9-15(10-8-14)16(23)12(3)21/h7-10H,5-6,11H2,1-4H3,(H,20,22). The van der Waals surface area contributed by atoms with Gasteiger partial charge in [0.25, 0.3) is 0 Å². The van der Waals surface area contributed by atoms with Gasteiger partial charge in [-0.1, -0.05) is 24.3 Å². The summed E-state index contributed by atoms with van der Waals surface area (Å²) in [6, 6.07) is 5.80. The van der Waals surface area contributed by atoms with Crippen molar-refractivity contribution in [3.63, 3.8) is 0 Å². The van der Waals surface area contributed by atoms with Crippen LogP contribution in [-0.2, 0) is 35.1 Å². The van der Waals surface area contributed by atoms with Gasteiger partial charge in [0.1, 0.15) is 0 Å². The van der Waals surface area contributed by atoms with E-state index in [1.807, 2.05) is 0 Å². The van der Waals surface area contributed by atoms with Crippen molar-refractivity contribution in [2.45, 2.75) is 39.7 Å². The largest absolute Gasteiger partial charge is 0.464 e. The predicted molar refractivity (Wildman–Crippen MR) is 95.0 cm³/mol. The molecule has 0 aliphatic rings. The molecule has 1 aromatic carbocycles. The van der Waals surface area contributed by atoms with E-state index in [1.54, 1.807) is 13.8 Å². The first kappa shape index (κ1) is 22.0. The number of ketones is 2. The maximum absolute atomic E-state index is 12.5. The summed E-state index contributed by atoms with van der Waals surface area (Å²) in [4.78, 5) is 59.7. The van der Waals surface area contributed by atoms with Gasteiger partial charge in [-0.25, -0.2) is 9.59 Å². The number of rotatable bonds is 9. The van der Waals surface area contributed by atoms with Crippen molar-refractivity contribution >= 4 is 29.4 Å². The highest BCUT2D eigenvalue weighted by molar-refractivity contribution is 6.42. The van der Waals surface area contributed by atoms with Crippen LogP contribution in [0.4, 0.5) is 0 Å². The van der Waals surface area contributed by atoms with Crippen molar-refractivity contribution in [1.29, 1.82) is 0 Å². The second-order valence-corrected chi connectivity index (χ2v) is 5.79. The molecular formula is C19H23NO7. The van der Waals surface area contributed by atoms with Crippen LogP contribution in [0.25, 0.3) is 0 Å². The van der Waals surface area contributed by atoms with Gasteiger partial charge in [-0.3, -0.25) is 14.4 Å². The summed E-state index contributed by atoms with van der Waals surface area (Å²) in [5.74, 6) is -3.75. The zero-order chi connectivity index (χ0) is 20.6. The number of amides is 1. The number of carbonyl (C=O) groups is 5. The van der Waals surface area contributed by atoms with Crippen molar-refractivity contribution in [3.8, 4) is 0 Å². The van der Waals surface area contributed by atoms with Crippen molar-refractivity contribution in [1.82, 2.24) is 5.32 Å². The van der Waals surface area contributed by atoms with Gasteiger partial charge in [-0.2, -0.15) is 0 Å². The van der Waals surface area contributed by atoms with Crippen LogP contribution < -0.4 is 5.32 Å². The minimum Gasteiger partial charge on any atom is -0.464 e. The van der Waals surface area contributed by atoms with E-state index in [0.717, 1.165) is 0 Å². The molecule has 0 aliphatic carbocycles. The number of ether oxygens (including phenoxy) is 2. The SMILES string of the molecule is CCOC(=O)C(Cc1ccc(C(=O)C(C)=O)cc1)(NC(C)=O)C(=O)OCC. The van der Waals surface area contributed by atoms with Crippen molar-refractivity contribution in [3.05, 3.63) is 35.4 Å². The molecule has 0 aliphatic heterocycles. The lowest BCUT2D eigenvalue weighted by Crippen LogP contribution is -2.62. The highest BCUT2D eigenvalue weighted by Crippen LogP contribution is 2.20. The fraction of sp³-hybridized carbons (Fsp3) is 0.421. The molecule has 0 unspecified atom stereocenters. The molecule has 1 amide bonds. The van der Waals surface area contributed by atoms with E-state index in [4.69, 9.17) is 9.47 Å². The Kier molecular flexibility index (Phi) is 7.83. The highest BCUT2D eigenvalue weighted by Gasteiger charge is 2.50. The molecule has 0 saturated carbocycles. The van der Waals surface area contributed by atoms with E-state index in [0.29, 0.717) is 5.56 Å². The molecule has 1 rings (SSSR count). The van der Waals surface area contributed by atoms with Crippen LogP contribution in [0.3, 0.4) is 0 Å². The Bertz CT molecular complexity index is 719. The first-order chi connectivity index (χ1) is 12.7. The summed E-state index contributed by atoms with van der Waals surface area (Å²) in [5, 5.41) is 2.36. The van der Waals surface area contributed by atoms with Crippen LogP contribution in [0, 0.1) is 0 Å². The molecule has 0 atom stereocenters. The summed E-state index contributed by atoms with van der Waals surface area (Å²) in [6.45, 7) is 5.49. The summed E-state index contributed by atoms with van der Waals surface area (Å²) < 4.78 is 9.98. The average molecular weight is 377 g/mol. The predicted octanol–water partition coefficient (Wildman–Crippen LogP) is 1.00. The summed E-state index contributed by atoms with van der Waals surface area (Å²) >= 11 is 0. The monoisotopic (exact) mass is 377 g/mol. The van der Waals surface area contributed by atoms with E-state index in [2.05, 4.69) is 5.32 Å². The van der Waals surface area contributed by atoms with Crippen LogP contribution in [0.2, 0.25) is 0 Å². The number of nitrogens with one attached hydrogen (secondary N) is 1. The number of hydrogen-bond acceptors (Lipinski definition) is 7. The third-order valence-electron chi connectivity index (χ3n) is 3.64. The lowest BCUT2D eigenvalue weighted by Gasteiger charge is -2.29. The van der Waals surface area contributed by atoms with E-state index in [-0.39, 0.29) is 25.2 Å². The topological polar surface area (TPSA) is 116 Å². The molecular weight excluding hydrogens is 354 g/mol. The number of carbonyl (C=O) groups excluding carboxylic acids is 5. The third-order valence-corrected chi connectivity index (χ3v) is 3.64. The fourth-order valence-electron chi connectivity index (χ4n) is 2.47.